The minimum absolute atomic E-state index is 0.0691. The van der Waals surface area contributed by atoms with Crippen molar-refractivity contribution in [2.75, 3.05) is 6.61 Å². The third kappa shape index (κ3) is 3.48. The number of hydrogen-bond acceptors (Lipinski definition) is 3. The molecule has 2 N–H and O–H groups in total. The van der Waals surface area contributed by atoms with Crippen molar-refractivity contribution < 1.29 is 22.3 Å². The van der Waals surface area contributed by atoms with E-state index in [0.717, 1.165) is 10.9 Å². The van der Waals surface area contributed by atoms with E-state index in [1.807, 2.05) is 18.2 Å². The van der Waals surface area contributed by atoms with E-state index >= 15 is 0 Å². The van der Waals surface area contributed by atoms with Crippen LogP contribution >= 0.6 is 0 Å². The molecule has 3 nitrogen and oxygen atoms in total. The topological polar surface area (TPSA) is 48.4 Å². The van der Waals surface area contributed by atoms with Crippen LogP contribution in [0.25, 0.3) is 11.0 Å². The van der Waals surface area contributed by atoms with E-state index in [1.165, 1.54) is 0 Å². The Balaban J connectivity index is 2.07. The van der Waals surface area contributed by atoms with Gasteiger partial charge in [0.1, 0.15) is 11.3 Å². The molecule has 104 valence electrons. The van der Waals surface area contributed by atoms with Crippen LogP contribution < -0.4 is 5.73 Å². The maximum atomic E-state index is 12.0. The van der Waals surface area contributed by atoms with E-state index in [2.05, 4.69) is 0 Å². The van der Waals surface area contributed by atoms with Gasteiger partial charge in [-0.05, 0) is 6.07 Å². The highest BCUT2D eigenvalue weighted by Crippen LogP contribution is 2.26. The molecule has 0 unspecified atom stereocenters. The highest BCUT2D eigenvalue weighted by molar-refractivity contribution is 5.82. The molecule has 0 bridgehead atoms. The Morgan fingerprint density at radius 1 is 1.21 bits per heavy atom. The zero-order chi connectivity index (χ0) is 13.9. The number of benzene rings is 1. The molecule has 0 aliphatic carbocycles. The van der Waals surface area contributed by atoms with Crippen molar-refractivity contribution in [2.45, 2.75) is 25.7 Å². The molecule has 0 aliphatic heterocycles. The standard InChI is InChI=1S/C13H14F3NO2/c14-13(15,16)5-6-18-8-10-9-3-1-2-4-11(9)19-12(10)7-17/h1-4H,5-8,17H2. The van der Waals surface area contributed by atoms with Crippen molar-refractivity contribution >= 4 is 11.0 Å². The normalized spacial score (nSPS) is 12.2. The molecule has 19 heavy (non-hydrogen) atoms. The number of halogens is 3. The summed E-state index contributed by atoms with van der Waals surface area (Å²) in [6, 6.07) is 7.27. The van der Waals surface area contributed by atoms with Gasteiger partial charge in [-0.3, -0.25) is 0 Å². The zero-order valence-corrected chi connectivity index (χ0v) is 10.2. The lowest BCUT2D eigenvalue weighted by molar-refractivity contribution is -0.146. The zero-order valence-electron chi connectivity index (χ0n) is 10.2. The molecule has 1 heterocycles. The quantitative estimate of drug-likeness (QED) is 0.850. The molecule has 0 aliphatic rings. The van der Waals surface area contributed by atoms with Crippen molar-refractivity contribution in [3.63, 3.8) is 0 Å². The Morgan fingerprint density at radius 3 is 2.63 bits per heavy atom. The number of para-hydroxylation sites is 1. The predicted molar refractivity (Wildman–Crippen MR) is 64.4 cm³/mol. The molecular formula is C13H14F3NO2. The van der Waals surface area contributed by atoms with Crippen molar-refractivity contribution in [1.29, 1.82) is 0 Å². The molecule has 2 rings (SSSR count). The van der Waals surface area contributed by atoms with Gasteiger partial charge in [-0.1, -0.05) is 18.2 Å². The van der Waals surface area contributed by atoms with Gasteiger partial charge in [0.15, 0.2) is 0 Å². The fourth-order valence-corrected chi connectivity index (χ4v) is 1.83. The molecule has 2 aromatic rings. The molecular weight excluding hydrogens is 259 g/mol. The number of fused-ring (bicyclic) bond motifs is 1. The number of rotatable bonds is 5. The van der Waals surface area contributed by atoms with Gasteiger partial charge >= 0.3 is 6.18 Å². The van der Waals surface area contributed by atoms with Crippen LogP contribution in [0.4, 0.5) is 13.2 Å². The van der Waals surface area contributed by atoms with E-state index in [9.17, 15) is 13.2 Å². The summed E-state index contributed by atoms with van der Waals surface area (Å²) in [7, 11) is 0. The third-order valence-electron chi connectivity index (χ3n) is 2.74. The highest BCUT2D eigenvalue weighted by atomic mass is 19.4. The lowest BCUT2D eigenvalue weighted by Gasteiger charge is -2.07. The predicted octanol–water partition coefficient (Wildman–Crippen LogP) is 3.36. The molecule has 0 atom stereocenters. The largest absolute Gasteiger partial charge is 0.459 e. The molecule has 0 amide bonds. The van der Waals surface area contributed by atoms with Crippen molar-refractivity contribution in [3.05, 3.63) is 35.6 Å². The minimum atomic E-state index is -4.20. The van der Waals surface area contributed by atoms with Crippen LogP contribution in [-0.4, -0.2) is 12.8 Å². The summed E-state index contributed by atoms with van der Waals surface area (Å²) >= 11 is 0. The summed E-state index contributed by atoms with van der Waals surface area (Å²) in [5.41, 5.74) is 6.95. The summed E-state index contributed by atoms with van der Waals surface area (Å²) in [5, 5.41) is 0.829. The fraction of sp³-hybridized carbons (Fsp3) is 0.385. The van der Waals surface area contributed by atoms with Gasteiger partial charge in [0.05, 0.1) is 26.2 Å². The van der Waals surface area contributed by atoms with Crippen molar-refractivity contribution in [1.82, 2.24) is 0 Å². The van der Waals surface area contributed by atoms with Gasteiger partial charge in [-0.2, -0.15) is 13.2 Å². The average Bonchev–Trinajstić information content (AvgIpc) is 2.71. The second-order valence-corrected chi connectivity index (χ2v) is 4.12. The first-order valence-corrected chi connectivity index (χ1v) is 5.85. The van der Waals surface area contributed by atoms with Crippen LogP contribution in [0.2, 0.25) is 0 Å². The Kier molecular flexibility index (Phi) is 4.11. The van der Waals surface area contributed by atoms with Crippen molar-refractivity contribution in [3.8, 4) is 0 Å². The second-order valence-electron chi connectivity index (χ2n) is 4.12. The lowest BCUT2D eigenvalue weighted by atomic mass is 10.1. The Labute approximate surface area is 108 Å². The van der Waals surface area contributed by atoms with E-state index in [1.54, 1.807) is 6.07 Å². The van der Waals surface area contributed by atoms with Gasteiger partial charge in [0, 0.05) is 10.9 Å². The van der Waals surface area contributed by atoms with Gasteiger partial charge < -0.3 is 14.9 Å². The molecule has 0 saturated carbocycles. The van der Waals surface area contributed by atoms with Gasteiger partial charge in [-0.15, -0.1) is 0 Å². The third-order valence-corrected chi connectivity index (χ3v) is 2.74. The average molecular weight is 273 g/mol. The van der Waals surface area contributed by atoms with Gasteiger partial charge in [0.25, 0.3) is 0 Å². The number of ether oxygens (including phenoxy) is 1. The second kappa shape index (κ2) is 5.63. The monoisotopic (exact) mass is 273 g/mol. The summed E-state index contributed by atoms with van der Waals surface area (Å²) in [6.07, 6.45) is -5.16. The molecule has 0 spiro atoms. The Hall–Kier alpha value is -1.53. The van der Waals surface area contributed by atoms with Crippen LogP contribution in [0.1, 0.15) is 17.7 Å². The first kappa shape index (κ1) is 13.9. The molecule has 1 aromatic carbocycles. The highest BCUT2D eigenvalue weighted by Gasteiger charge is 2.26. The summed E-state index contributed by atoms with van der Waals surface area (Å²) in [4.78, 5) is 0. The van der Waals surface area contributed by atoms with Crippen LogP contribution in [0.3, 0.4) is 0 Å². The maximum Gasteiger partial charge on any atom is 0.391 e. The SMILES string of the molecule is NCc1oc2ccccc2c1COCCC(F)(F)F. The van der Waals surface area contributed by atoms with E-state index < -0.39 is 12.6 Å². The molecule has 0 saturated heterocycles. The van der Waals surface area contributed by atoms with Crippen LogP contribution in [0, 0.1) is 0 Å². The minimum Gasteiger partial charge on any atom is -0.459 e. The van der Waals surface area contributed by atoms with E-state index in [-0.39, 0.29) is 19.8 Å². The first-order valence-electron chi connectivity index (χ1n) is 5.85. The van der Waals surface area contributed by atoms with E-state index in [4.69, 9.17) is 14.9 Å². The number of alkyl halides is 3. The molecule has 0 radical (unpaired) electrons. The van der Waals surface area contributed by atoms with Gasteiger partial charge in [0.2, 0.25) is 0 Å². The Bertz CT molecular complexity index is 548. The Morgan fingerprint density at radius 2 is 1.95 bits per heavy atom. The fourth-order valence-electron chi connectivity index (χ4n) is 1.83. The lowest BCUT2D eigenvalue weighted by Crippen LogP contribution is -2.11. The van der Waals surface area contributed by atoms with Crippen LogP contribution in [0.15, 0.2) is 28.7 Å². The van der Waals surface area contributed by atoms with Crippen LogP contribution in [-0.2, 0) is 17.9 Å². The summed E-state index contributed by atoms with van der Waals surface area (Å²) in [5.74, 6) is 0.549. The molecule has 6 heteroatoms. The number of nitrogens with two attached hydrogens (primary N) is 1. The smallest absolute Gasteiger partial charge is 0.391 e. The molecule has 0 fully saturated rings. The van der Waals surface area contributed by atoms with Crippen LogP contribution in [0.5, 0.6) is 0 Å². The van der Waals surface area contributed by atoms with Crippen molar-refractivity contribution in [2.24, 2.45) is 5.73 Å². The first-order chi connectivity index (χ1) is 9.01. The number of hydrogen-bond donors (Lipinski definition) is 1. The summed E-state index contributed by atoms with van der Waals surface area (Å²) < 4.78 is 46.6. The molecule has 1 aromatic heterocycles. The maximum absolute atomic E-state index is 12.0. The van der Waals surface area contributed by atoms with E-state index in [0.29, 0.717) is 11.3 Å². The van der Waals surface area contributed by atoms with Gasteiger partial charge in [-0.25, -0.2) is 0 Å². The number of furan rings is 1. The summed E-state index contributed by atoms with van der Waals surface area (Å²) in [6.45, 7) is -0.112.